The molecule has 1 fully saturated rings. The van der Waals surface area contributed by atoms with Gasteiger partial charge in [0.2, 0.25) is 5.91 Å². The highest BCUT2D eigenvalue weighted by molar-refractivity contribution is 7.87. The molecule has 0 N–H and O–H groups in total. The smallest absolute Gasteiger partial charge is 0.307 e. The monoisotopic (exact) mass is 315 g/mol. The molecule has 1 heterocycles. The van der Waals surface area contributed by atoms with Gasteiger partial charge in [-0.15, -0.1) is 3.89 Å². The van der Waals surface area contributed by atoms with E-state index in [9.17, 15) is 17.1 Å². The van der Waals surface area contributed by atoms with Crippen molar-refractivity contribution in [2.24, 2.45) is 0 Å². The highest BCUT2D eigenvalue weighted by atomic mass is 32.3. The molecule has 1 atom stereocenters. The first-order chi connectivity index (χ1) is 9.75. The molecule has 0 bridgehead atoms. The Morgan fingerprint density at radius 2 is 1.95 bits per heavy atom. The van der Waals surface area contributed by atoms with Gasteiger partial charge in [0.1, 0.15) is 11.0 Å². The van der Waals surface area contributed by atoms with Gasteiger partial charge in [-0.1, -0.05) is 12.1 Å². The average Bonchev–Trinajstić information content (AvgIpc) is 2.73. The van der Waals surface area contributed by atoms with E-state index in [-0.39, 0.29) is 31.5 Å². The van der Waals surface area contributed by atoms with Crippen molar-refractivity contribution in [3.05, 3.63) is 29.8 Å². The minimum Gasteiger partial charge on any atom is -0.491 e. The Morgan fingerprint density at radius 3 is 2.43 bits per heavy atom. The molecule has 1 amide bonds. The molecule has 1 saturated heterocycles. The van der Waals surface area contributed by atoms with Crippen LogP contribution in [-0.2, 0) is 21.6 Å². The lowest BCUT2D eigenvalue weighted by Gasteiger charge is -2.16. The zero-order valence-corrected chi connectivity index (χ0v) is 12.8. The first-order valence-electron chi connectivity index (χ1n) is 6.72. The van der Waals surface area contributed by atoms with Gasteiger partial charge in [0.25, 0.3) is 0 Å². The Labute approximate surface area is 123 Å². The highest BCUT2D eigenvalue weighted by Gasteiger charge is 2.38. The van der Waals surface area contributed by atoms with Gasteiger partial charge in [0.05, 0.1) is 6.10 Å². The van der Waals surface area contributed by atoms with Gasteiger partial charge in [-0.2, -0.15) is 8.42 Å². The van der Waals surface area contributed by atoms with Crippen LogP contribution in [0.15, 0.2) is 24.3 Å². The van der Waals surface area contributed by atoms with Crippen molar-refractivity contribution in [1.82, 2.24) is 4.90 Å². The van der Waals surface area contributed by atoms with E-state index in [1.807, 2.05) is 26.0 Å². The van der Waals surface area contributed by atoms with Gasteiger partial charge in [-0.25, -0.2) is 0 Å². The number of benzene rings is 1. The Bertz CT molecular complexity index is 612. The van der Waals surface area contributed by atoms with E-state index in [1.54, 1.807) is 12.1 Å². The number of hydrogen-bond donors (Lipinski definition) is 0. The summed E-state index contributed by atoms with van der Waals surface area (Å²) < 4.78 is 40.2. The molecule has 116 valence electrons. The summed E-state index contributed by atoms with van der Waals surface area (Å²) in [5.74, 6) is 0.384. The molecule has 1 aromatic rings. The molecule has 0 aromatic heterocycles. The Kier molecular flexibility index (Phi) is 4.51. The molecule has 0 spiro atoms. The Morgan fingerprint density at radius 1 is 1.33 bits per heavy atom. The standard InChI is InChI=1S/C14H18FNO4S/c1-10(2)20-12-5-3-11(4-6-12)8-16-9-13(7-14(16)17)21(15,18)19/h3-6,10,13H,7-9H2,1-2H3. The zero-order valence-electron chi connectivity index (χ0n) is 12.0. The SMILES string of the molecule is CC(C)Oc1ccc(CN2CC(S(=O)(=O)F)CC2=O)cc1. The normalized spacial score (nSPS) is 19.3. The topological polar surface area (TPSA) is 63.7 Å². The first kappa shape index (κ1) is 15.8. The predicted octanol–water partition coefficient (Wildman–Crippen LogP) is 1.87. The lowest BCUT2D eigenvalue weighted by atomic mass is 10.2. The maximum Gasteiger partial charge on any atom is 0.307 e. The molecule has 1 aliphatic rings. The third-order valence-electron chi connectivity index (χ3n) is 3.25. The molecule has 0 radical (unpaired) electrons. The van der Waals surface area contributed by atoms with Crippen molar-refractivity contribution in [2.45, 2.75) is 38.2 Å². The lowest BCUT2D eigenvalue weighted by molar-refractivity contribution is -0.128. The fourth-order valence-electron chi connectivity index (χ4n) is 2.24. The van der Waals surface area contributed by atoms with E-state index in [2.05, 4.69) is 0 Å². The molecular formula is C14H18FNO4S. The summed E-state index contributed by atoms with van der Waals surface area (Å²) in [6.45, 7) is 4.03. The summed E-state index contributed by atoms with van der Waals surface area (Å²) >= 11 is 0. The molecule has 1 unspecified atom stereocenters. The van der Waals surface area contributed by atoms with E-state index in [1.165, 1.54) is 4.90 Å². The van der Waals surface area contributed by atoms with Crippen molar-refractivity contribution < 1.29 is 21.8 Å². The van der Waals surface area contributed by atoms with Crippen molar-refractivity contribution in [3.63, 3.8) is 0 Å². The number of halogens is 1. The fraction of sp³-hybridized carbons (Fsp3) is 0.500. The van der Waals surface area contributed by atoms with Crippen molar-refractivity contribution >= 4 is 16.1 Å². The molecule has 0 aliphatic carbocycles. The van der Waals surface area contributed by atoms with E-state index in [0.29, 0.717) is 0 Å². The van der Waals surface area contributed by atoms with Gasteiger partial charge in [-0.05, 0) is 31.5 Å². The summed E-state index contributed by atoms with van der Waals surface area (Å²) in [7, 11) is -4.66. The predicted molar refractivity (Wildman–Crippen MR) is 76.1 cm³/mol. The molecule has 1 aliphatic heterocycles. The number of ether oxygens (including phenoxy) is 1. The van der Waals surface area contributed by atoms with Crippen molar-refractivity contribution in [2.75, 3.05) is 6.54 Å². The summed E-state index contributed by atoms with van der Waals surface area (Å²) in [5.41, 5.74) is 0.844. The maximum absolute atomic E-state index is 12.9. The average molecular weight is 315 g/mol. The third-order valence-corrected chi connectivity index (χ3v) is 4.36. The number of rotatable bonds is 5. The summed E-state index contributed by atoms with van der Waals surface area (Å²) in [6.07, 6.45) is -0.209. The zero-order chi connectivity index (χ0) is 15.6. The third kappa shape index (κ3) is 4.17. The van der Waals surface area contributed by atoms with Crippen LogP contribution in [0.5, 0.6) is 5.75 Å². The molecule has 2 rings (SSSR count). The van der Waals surface area contributed by atoms with Crippen LogP contribution in [0.3, 0.4) is 0 Å². The van der Waals surface area contributed by atoms with Gasteiger partial charge in [-0.3, -0.25) is 4.79 Å². The second-order valence-electron chi connectivity index (χ2n) is 5.39. The minimum absolute atomic E-state index is 0.0755. The lowest BCUT2D eigenvalue weighted by Crippen LogP contribution is -2.26. The number of nitrogens with zero attached hydrogens (tertiary/aromatic N) is 1. The van der Waals surface area contributed by atoms with Crippen LogP contribution < -0.4 is 4.74 Å². The largest absolute Gasteiger partial charge is 0.491 e. The quantitative estimate of drug-likeness (QED) is 0.778. The minimum atomic E-state index is -4.66. The first-order valence-corrected chi connectivity index (χ1v) is 8.17. The van der Waals surface area contributed by atoms with Crippen LogP contribution in [-0.4, -0.2) is 37.1 Å². The molecule has 0 saturated carbocycles. The van der Waals surface area contributed by atoms with Gasteiger partial charge >= 0.3 is 10.2 Å². The number of carbonyl (C=O) groups is 1. The van der Waals surface area contributed by atoms with Gasteiger partial charge in [0.15, 0.2) is 0 Å². The van der Waals surface area contributed by atoms with Crippen molar-refractivity contribution in [3.8, 4) is 5.75 Å². The molecule has 21 heavy (non-hydrogen) atoms. The number of amides is 1. The Hall–Kier alpha value is -1.63. The number of likely N-dealkylation sites (tertiary alicyclic amines) is 1. The van der Waals surface area contributed by atoms with Crippen LogP contribution in [0.25, 0.3) is 0 Å². The summed E-state index contributed by atoms with van der Waals surface area (Å²) in [4.78, 5) is 13.1. The number of hydrogen-bond acceptors (Lipinski definition) is 4. The van der Waals surface area contributed by atoms with E-state index in [0.717, 1.165) is 11.3 Å². The van der Waals surface area contributed by atoms with E-state index in [4.69, 9.17) is 4.74 Å². The van der Waals surface area contributed by atoms with Crippen LogP contribution in [0.4, 0.5) is 3.89 Å². The fourth-order valence-corrected chi connectivity index (χ4v) is 2.94. The maximum atomic E-state index is 12.9. The van der Waals surface area contributed by atoms with Crippen molar-refractivity contribution in [1.29, 1.82) is 0 Å². The van der Waals surface area contributed by atoms with Crippen LogP contribution in [0.1, 0.15) is 25.8 Å². The second kappa shape index (κ2) is 6.01. The van der Waals surface area contributed by atoms with E-state index < -0.39 is 15.5 Å². The van der Waals surface area contributed by atoms with Crippen LogP contribution in [0, 0.1) is 0 Å². The molecule has 5 nitrogen and oxygen atoms in total. The summed E-state index contributed by atoms with van der Waals surface area (Å²) in [5, 5.41) is -1.24. The van der Waals surface area contributed by atoms with Crippen LogP contribution >= 0.6 is 0 Å². The summed E-state index contributed by atoms with van der Waals surface area (Å²) in [6, 6.07) is 7.20. The van der Waals surface area contributed by atoms with Gasteiger partial charge < -0.3 is 9.64 Å². The molecule has 7 heteroatoms. The highest BCUT2D eigenvalue weighted by Crippen LogP contribution is 2.22. The Balaban J connectivity index is 2.00. The van der Waals surface area contributed by atoms with E-state index >= 15 is 0 Å². The van der Waals surface area contributed by atoms with Gasteiger partial charge in [0, 0.05) is 19.5 Å². The molecular weight excluding hydrogens is 297 g/mol. The number of carbonyl (C=O) groups excluding carboxylic acids is 1. The molecule has 1 aromatic carbocycles. The van der Waals surface area contributed by atoms with Crippen LogP contribution in [0.2, 0.25) is 0 Å². The second-order valence-corrected chi connectivity index (χ2v) is 7.00.